The van der Waals surface area contributed by atoms with Gasteiger partial charge < -0.3 is 5.32 Å². The van der Waals surface area contributed by atoms with Crippen LogP contribution in [-0.4, -0.2) is 15.5 Å². The van der Waals surface area contributed by atoms with Crippen LogP contribution < -0.4 is 5.32 Å². The van der Waals surface area contributed by atoms with Crippen LogP contribution in [0.5, 0.6) is 0 Å². The van der Waals surface area contributed by atoms with Gasteiger partial charge in [0.25, 0.3) is 0 Å². The molecular formula is C11H19N3. The molecule has 0 fully saturated rings. The predicted octanol–water partition coefficient (Wildman–Crippen LogP) is 2.14. The summed E-state index contributed by atoms with van der Waals surface area (Å²) in [6.07, 6.45) is 7.54. The zero-order valence-electron chi connectivity index (χ0n) is 9.25. The van der Waals surface area contributed by atoms with Crippen LogP contribution in [0, 0.1) is 0 Å². The normalized spacial score (nSPS) is 11.6. The number of rotatable bonds is 5. The molecule has 78 valence electrons. The molecule has 3 heteroatoms. The van der Waals surface area contributed by atoms with Crippen LogP contribution in [0.15, 0.2) is 18.7 Å². The highest BCUT2D eigenvalue weighted by atomic mass is 15.0. The zero-order valence-corrected chi connectivity index (χ0v) is 9.25. The van der Waals surface area contributed by atoms with E-state index in [1.165, 1.54) is 0 Å². The number of hydrogen-bond acceptors (Lipinski definition) is 3. The van der Waals surface area contributed by atoms with Gasteiger partial charge in [-0.2, -0.15) is 0 Å². The Labute approximate surface area is 86.0 Å². The Morgan fingerprint density at radius 2 is 1.79 bits per heavy atom. The van der Waals surface area contributed by atoms with E-state index in [9.17, 15) is 0 Å². The third-order valence-electron chi connectivity index (χ3n) is 2.89. The van der Waals surface area contributed by atoms with Crippen molar-refractivity contribution >= 4 is 0 Å². The van der Waals surface area contributed by atoms with Gasteiger partial charge in [-0.3, -0.25) is 0 Å². The van der Waals surface area contributed by atoms with Gasteiger partial charge in [-0.15, -0.1) is 0 Å². The minimum absolute atomic E-state index is 0.232. The fourth-order valence-electron chi connectivity index (χ4n) is 1.24. The second-order valence-corrected chi connectivity index (χ2v) is 3.87. The van der Waals surface area contributed by atoms with Gasteiger partial charge in [0.15, 0.2) is 0 Å². The quantitative estimate of drug-likeness (QED) is 0.778. The summed E-state index contributed by atoms with van der Waals surface area (Å²) in [5, 5.41) is 3.53. The van der Waals surface area contributed by atoms with Crippen LogP contribution >= 0.6 is 0 Å². The zero-order chi connectivity index (χ0) is 10.4. The van der Waals surface area contributed by atoms with Gasteiger partial charge >= 0.3 is 0 Å². The van der Waals surface area contributed by atoms with Crippen molar-refractivity contribution in [1.29, 1.82) is 0 Å². The summed E-state index contributed by atoms with van der Waals surface area (Å²) in [6, 6.07) is 0. The Morgan fingerprint density at radius 1 is 1.21 bits per heavy atom. The molecule has 0 aliphatic heterocycles. The lowest BCUT2D eigenvalue weighted by Gasteiger charge is -2.28. The van der Waals surface area contributed by atoms with E-state index in [-0.39, 0.29) is 5.54 Å². The number of nitrogens with one attached hydrogen (secondary N) is 1. The van der Waals surface area contributed by atoms with E-state index in [4.69, 9.17) is 0 Å². The first-order chi connectivity index (χ1) is 6.70. The first-order valence-electron chi connectivity index (χ1n) is 5.19. The standard InChI is InChI=1S/C11H19N3/c1-4-11(3,5-2)14-8-10-6-12-9-13-7-10/h6-7,9,14H,4-5,8H2,1-3H3. The molecule has 1 aromatic heterocycles. The van der Waals surface area contributed by atoms with Gasteiger partial charge in [0.1, 0.15) is 6.33 Å². The molecule has 0 amide bonds. The van der Waals surface area contributed by atoms with Gasteiger partial charge in [-0.25, -0.2) is 9.97 Å². The maximum atomic E-state index is 3.99. The summed E-state index contributed by atoms with van der Waals surface area (Å²) in [7, 11) is 0. The van der Waals surface area contributed by atoms with Gasteiger partial charge in [0.2, 0.25) is 0 Å². The van der Waals surface area contributed by atoms with E-state index in [2.05, 4.69) is 36.1 Å². The SMILES string of the molecule is CCC(C)(CC)NCc1cncnc1. The molecule has 0 unspecified atom stereocenters. The van der Waals surface area contributed by atoms with E-state index in [0.29, 0.717) is 0 Å². The fourth-order valence-corrected chi connectivity index (χ4v) is 1.24. The molecule has 1 N–H and O–H groups in total. The molecule has 1 aromatic rings. The third-order valence-corrected chi connectivity index (χ3v) is 2.89. The molecule has 3 nitrogen and oxygen atoms in total. The Hall–Kier alpha value is -0.960. The van der Waals surface area contributed by atoms with Crippen molar-refractivity contribution in [2.24, 2.45) is 0 Å². The Bertz CT molecular complexity index is 254. The van der Waals surface area contributed by atoms with E-state index in [0.717, 1.165) is 24.9 Å². The summed E-state index contributed by atoms with van der Waals surface area (Å²) in [4.78, 5) is 7.97. The monoisotopic (exact) mass is 193 g/mol. The van der Waals surface area contributed by atoms with E-state index in [1.807, 2.05) is 12.4 Å². The highest BCUT2D eigenvalue weighted by Crippen LogP contribution is 2.14. The van der Waals surface area contributed by atoms with E-state index < -0.39 is 0 Å². The molecule has 14 heavy (non-hydrogen) atoms. The first kappa shape index (κ1) is 11.1. The van der Waals surface area contributed by atoms with E-state index >= 15 is 0 Å². The van der Waals surface area contributed by atoms with Crippen molar-refractivity contribution in [3.05, 3.63) is 24.3 Å². The summed E-state index contributed by atoms with van der Waals surface area (Å²) < 4.78 is 0. The number of nitrogens with zero attached hydrogens (tertiary/aromatic N) is 2. The fraction of sp³-hybridized carbons (Fsp3) is 0.636. The largest absolute Gasteiger partial charge is 0.307 e. The maximum Gasteiger partial charge on any atom is 0.115 e. The van der Waals surface area contributed by atoms with Gasteiger partial charge in [0, 0.05) is 30.0 Å². The van der Waals surface area contributed by atoms with Crippen molar-refractivity contribution in [2.45, 2.75) is 45.7 Å². The molecule has 0 atom stereocenters. The van der Waals surface area contributed by atoms with Gasteiger partial charge in [-0.05, 0) is 19.8 Å². The molecule has 0 aliphatic carbocycles. The van der Waals surface area contributed by atoms with Crippen LogP contribution in [0.25, 0.3) is 0 Å². The lowest BCUT2D eigenvalue weighted by Crippen LogP contribution is -2.40. The van der Waals surface area contributed by atoms with Crippen molar-refractivity contribution in [3.63, 3.8) is 0 Å². The topological polar surface area (TPSA) is 37.8 Å². The van der Waals surface area contributed by atoms with Crippen LogP contribution in [0.3, 0.4) is 0 Å². The van der Waals surface area contributed by atoms with Crippen molar-refractivity contribution in [2.75, 3.05) is 0 Å². The lowest BCUT2D eigenvalue weighted by molar-refractivity contribution is 0.329. The smallest absolute Gasteiger partial charge is 0.115 e. The maximum absolute atomic E-state index is 3.99. The van der Waals surface area contributed by atoms with Crippen LogP contribution in [0.1, 0.15) is 39.2 Å². The first-order valence-corrected chi connectivity index (χ1v) is 5.19. The molecule has 1 heterocycles. The molecule has 0 spiro atoms. The second kappa shape index (κ2) is 5.05. The molecule has 0 saturated carbocycles. The Balaban J connectivity index is 2.48. The Morgan fingerprint density at radius 3 is 2.29 bits per heavy atom. The molecule has 0 aromatic carbocycles. The van der Waals surface area contributed by atoms with Crippen LogP contribution in [0.4, 0.5) is 0 Å². The summed E-state index contributed by atoms with van der Waals surface area (Å²) >= 11 is 0. The van der Waals surface area contributed by atoms with Crippen LogP contribution in [0.2, 0.25) is 0 Å². The summed E-state index contributed by atoms with van der Waals surface area (Å²) in [6.45, 7) is 7.51. The Kier molecular flexibility index (Phi) is 4.01. The minimum atomic E-state index is 0.232. The number of aromatic nitrogens is 2. The summed E-state index contributed by atoms with van der Waals surface area (Å²) in [5.74, 6) is 0. The average molecular weight is 193 g/mol. The van der Waals surface area contributed by atoms with Crippen molar-refractivity contribution < 1.29 is 0 Å². The molecule has 0 aliphatic rings. The molecule has 0 saturated heterocycles. The van der Waals surface area contributed by atoms with Crippen LogP contribution in [-0.2, 0) is 6.54 Å². The van der Waals surface area contributed by atoms with E-state index in [1.54, 1.807) is 6.33 Å². The molecular weight excluding hydrogens is 174 g/mol. The molecule has 0 radical (unpaired) electrons. The molecule has 1 rings (SSSR count). The summed E-state index contributed by atoms with van der Waals surface area (Å²) in [5.41, 5.74) is 1.37. The average Bonchev–Trinajstić information content (AvgIpc) is 2.27. The second-order valence-electron chi connectivity index (χ2n) is 3.87. The van der Waals surface area contributed by atoms with Gasteiger partial charge in [0.05, 0.1) is 0 Å². The highest BCUT2D eigenvalue weighted by Gasteiger charge is 2.17. The third kappa shape index (κ3) is 3.07. The van der Waals surface area contributed by atoms with Gasteiger partial charge in [-0.1, -0.05) is 13.8 Å². The van der Waals surface area contributed by atoms with Crippen molar-refractivity contribution in [3.8, 4) is 0 Å². The predicted molar refractivity (Wildman–Crippen MR) is 57.9 cm³/mol. The highest BCUT2D eigenvalue weighted by molar-refractivity contribution is 5.02. The lowest BCUT2D eigenvalue weighted by atomic mass is 9.95. The minimum Gasteiger partial charge on any atom is -0.307 e. The molecule has 0 bridgehead atoms. The number of hydrogen-bond donors (Lipinski definition) is 1. The van der Waals surface area contributed by atoms with Crippen molar-refractivity contribution in [1.82, 2.24) is 15.3 Å².